The monoisotopic (exact) mass is 397 g/mol. The van der Waals surface area contributed by atoms with Crippen molar-refractivity contribution >= 4 is 11.8 Å². The molecule has 0 fully saturated rings. The summed E-state index contributed by atoms with van der Waals surface area (Å²) in [6.07, 6.45) is 0. The van der Waals surface area contributed by atoms with E-state index in [1.165, 1.54) is 13.1 Å². The van der Waals surface area contributed by atoms with E-state index >= 15 is 0 Å². The van der Waals surface area contributed by atoms with Crippen LogP contribution in [0, 0.1) is 25.5 Å². The third-order valence-electron chi connectivity index (χ3n) is 4.75. The molecule has 2 aromatic carbocycles. The summed E-state index contributed by atoms with van der Waals surface area (Å²) in [5.41, 5.74) is 3.00. The van der Waals surface area contributed by atoms with Gasteiger partial charge in [-0.25, -0.2) is 8.78 Å². The fourth-order valence-electron chi connectivity index (χ4n) is 3.31. The van der Waals surface area contributed by atoms with Crippen molar-refractivity contribution < 1.29 is 18.4 Å². The fraction of sp³-hybridized carbons (Fsp3) is 0.182. The first-order valence-electron chi connectivity index (χ1n) is 9.05. The molecule has 2 N–H and O–H groups in total. The van der Waals surface area contributed by atoms with Gasteiger partial charge in [-0.05, 0) is 49.7 Å². The number of aromatic nitrogens is 1. The summed E-state index contributed by atoms with van der Waals surface area (Å²) in [4.78, 5) is 25.3. The maximum absolute atomic E-state index is 13.7. The van der Waals surface area contributed by atoms with E-state index in [0.717, 1.165) is 23.5 Å². The number of nitrogens with one attached hydrogen (secondary N) is 2. The van der Waals surface area contributed by atoms with Crippen LogP contribution in [0.1, 0.15) is 33.4 Å². The number of likely N-dealkylation sites (N-methyl/N-ethyl adjacent to an activating group) is 1. The minimum absolute atomic E-state index is 0.147. The van der Waals surface area contributed by atoms with Crippen LogP contribution in [0.2, 0.25) is 0 Å². The zero-order valence-corrected chi connectivity index (χ0v) is 16.3. The summed E-state index contributed by atoms with van der Waals surface area (Å²) in [6.45, 7) is 3.68. The first kappa shape index (κ1) is 20.3. The molecule has 0 radical (unpaired) electrons. The second-order valence-corrected chi connectivity index (χ2v) is 6.65. The minimum Gasteiger partial charge on any atom is -0.357 e. The number of benzene rings is 2. The van der Waals surface area contributed by atoms with Gasteiger partial charge >= 0.3 is 0 Å². The summed E-state index contributed by atoms with van der Waals surface area (Å²) in [5, 5.41) is 5.06. The van der Waals surface area contributed by atoms with Gasteiger partial charge in [0.25, 0.3) is 5.91 Å². The van der Waals surface area contributed by atoms with E-state index in [4.69, 9.17) is 0 Å². The van der Waals surface area contributed by atoms with Crippen molar-refractivity contribution in [2.45, 2.75) is 19.9 Å². The smallest absolute Gasteiger partial charge is 0.254 e. The Kier molecular flexibility index (Phi) is 5.77. The van der Waals surface area contributed by atoms with Gasteiger partial charge in [0, 0.05) is 24.1 Å². The van der Waals surface area contributed by atoms with Crippen LogP contribution < -0.4 is 10.6 Å². The number of aryl methyl sites for hydroxylation is 1. The van der Waals surface area contributed by atoms with Crippen LogP contribution in [-0.2, 0) is 4.79 Å². The number of rotatable bonds is 5. The van der Waals surface area contributed by atoms with Crippen molar-refractivity contribution in [3.05, 3.63) is 88.7 Å². The molecule has 0 saturated carbocycles. The first-order valence-corrected chi connectivity index (χ1v) is 9.05. The van der Waals surface area contributed by atoms with Gasteiger partial charge in [0.2, 0.25) is 5.91 Å². The van der Waals surface area contributed by atoms with Crippen LogP contribution >= 0.6 is 0 Å². The van der Waals surface area contributed by atoms with Crippen molar-refractivity contribution in [3.63, 3.8) is 0 Å². The lowest BCUT2D eigenvalue weighted by Crippen LogP contribution is -2.39. The van der Waals surface area contributed by atoms with Crippen molar-refractivity contribution in [3.8, 4) is 5.69 Å². The Labute approximate surface area is 167 Å². The fourth-order valence-corrected chi connectivity index (χ4v) is 3.31. The number of para-hydroxylation sites is 1. The molecule has 0 saturated heterocycles. The largest absolute Gasteiger partial charge is 0.357 e. The van der Waals surface area contributed by atoms with Gasteiger partial charge in [-0.2, -0.15) is 0 Å². The lowest BCUT2D eigenvalue weighted by atomic mass is 10.0. The van der Waals surface area contributed by atoms with Gasteiger partial charge in [-0.15, -0.1) is 0 Å². The van der Waals surface area contributed by atoms with E-state index in [-0.39, 0.29) is 5.56 Å². The number of hydrogen-bond acceptors (Lipinski definition) is 2. The average Bonchev–Trinajstić information content (AvgIpc) is 3.02. The molecule has 0 aliphatic heterocycles. The van der Waals surface area contributed by atoms with Gasteiger partial charge in [-0.3, -0.25) is 9.59 Å². The molecule has 150 valence electrons. The van der Waals surface area contributed by atoms with Crippen LogP contribution in [0.15, 0.2) is 54.6 Å². The highest BCUT2D eigenvalue weighted by molar-refractivity contribution is 5.99. The van der Waals surface area contributed by atoms with Gasteiger partial charge in [0.1, 0.15) is 6.04 Å². The van der Waals surface area contributed by atoms with Gasteiger partial charge < -0.3 is 15.2 Å². The van der Waals surface area contributed by atoms with Gasteiger partial charge in [0.05, 0.1) is 5.56 Å². The molecule has 0 aliphatic rings. The zero-order chi connectivity index (χ0) is 21.1. The summed E-state index contributed by atoms with van der Waals surface area (Å²) in [5.74, 6) is -3.14. The van der Waals surface area contributed by atoms with Crippen molar-refractivity contribution in [2.75, 3.05) is 7.05 Å². The topological polar surface area (TPSA) is 63.1 Å². The Bertz CT molecular complexity index is 1060. The second kappa shape index (κ2) is 8.26. The number of halogens is 2. The molecule has 3 aromatic rings. The minimum atomic E-state index is -1.16. The van der Waals surface area contributed by atoms with E-state index in [2.05, 4.69) is 10.6 Å². The molecule has 5 nitrogen and oxygen atoms in total. The number of hydrogen-bond donors (Lipinski definition) is 2. The molecule has 1 atom stereocenters. The number of nitrogens with zero attached hydrogens (tertiary/aromatic N) is 1. The summed E-state index contributed by atoms with van der Waals surface area (Å²) < 4.78 is 28.9. The molecule has 0 spiro atoms. The van der Waals surface area contributed by atoms with Gasteiger partial charge in [0.15, 0.2) is 11.6 Å². The number of carbonyl (C=O) groups is 2. The molecule has 29 heavy (non-hydrogen) atoms. The molecule has 0 aliphatic carbocycles. The average molecular weight is 397 g/mol. The van der Waals surface area contributed by atoms with E-state index < -0.39 is 29.5 Å². The highest BCUT2D eigenvalue weighted by atomic mass is 19.2. The number of carbonyl (C=O) groups excluding carboxylic acids is 2. The van der Waals surface area contributed by atoms with E-state index in [9.17, 15) is 18.4 Å². The van der Waals surface area contributed by atoms with Gasteiger partial charge in [-0.1, -0.05) is 24.3 Å². The standard InChI is InChI=1S/C22H21F2N3O2/c1-13-11-17(14(2)27(13)16-7-5-4-6-8-16)21(28)26-20(22(29)25-3)15-9-10-18(23)19(24)12-15/h4-12,20H,1-3H3,(H,25,29)(H,26,28). The van der Waals surface area contributed by atoms with E-state index in [1.54, 1.807) is 13.0 Å². The Morgan fingerprint density at radius 3 is 2.28 bits per heavy atom. The zero-order valence-electron chi connectivity index (χ0n) is 16.3. The summed E-state index contributed by atoms with van der Waals surface area (Å²) >= 11 is 0. The molecular weight excluding hydrogens is 376 g/mol. The van der Waals surface area contributed by atoms with Crippen molar-refractivity contribution in [1.82, 2.24) is 15.2 Å². The third-order valence-corrected chi connectivity index (χ3v) is 4.75. The lowest BCUT2D eigenvalue weighted by Gasteiger charge is -2.18. The summed E-state index contributed by atoms with van der Waals surface area (Å²) in [7, 11) is 1.41. The highest BCUT2D eigenvalue weighted by Crippen LogP contribution is 2.22. The van der Waals surface area contributed by atoms with E-state index in [0.29, 0.717) is 11.3 Å². The Morgan fingerprint density at radius 2 is 1.66 bits per heavy atom. The van der Waals surface area contributed by atoms with Crippen LogP contribution in [0.3, 0.4) is 0 Å². The SMILES string of the molecule is CNC(=O)C(NC(=O)c1cc(C)n(-c2ccccc2)c1C)c1ccc(F)c(F)c1. The maximum atomic E-state index is 13.7. The second-order valence-electron chi connectivity index (χ2n) is 6.65. The molecule has 7 heteroatoms. The Morgan fingerprint density at radius 1 is 0.966 bits per heavy atom. The molecule has 2 amide bonds. The quantitative estimate of drug-likeness (QED) is 0.691. The molecule has 3 rings (SSSR count). The predicted molar refractivity (Wildman–Crippen MR) is 106 cm³/mol. The first-order chi connectivity index (χ1) is 13.8. The van der Waals surface area contributed by atoms with Crippen molar-refractivity contribution in [1.29, 1.82) is 0 Å². The molecule has 1 aromatic heterocycles. The maximum Gasteiger partial charge on any atom is 0.254 e. The third kappa shape index (κ3) is 4.03. The van der Waals surface area contributed by atoms with Crippen molar-refractivity contribution in [2.24, 2.45) is 0 Å². The van der Waals surface area contributed by atoms with Crippen LogP contribution in [0.25, 0.3) is 5.69 Å². The highest BCUT2D eigenvalue weighted by Gasteiger charge is 2.25. The molecule has 1 unspecified atom stereocenters. The normalized spacial score (nSPS) is 11.8. The Balaban J connectivity index is 1.95. The molecular formula is C22H21F2N3O2. The molecule has 1 heterocycles. The summed E-state index contributed by atoms with van der Waals surface area (Å²) in [6, 6.07) is 13.2. The van der Waals surface area contributed by atoms with Crippen LogP contribution in [-0.4, -0.2) is 23.4 Å². The predicted octanol–water partition coefficient (Wildman–Crippen LogP) is 3.59. The molecule has 0 bridgehead atoms. The number of amides is 2. The lowest BCUT2D eigenvalue weighted by molar-refractivity contribution is -0.122. The Hall–Kier alpha value is -3.48. The van der Waals surface area contributed by atoms with E-state index in [1.807, 2.05) is 41.8 Å². The van der Waals surface area contributed by atoms with Crippen LogP contribution in [0.4, 0.5) is 8.78 Å². The van der Waals surface area contributed by atoms with Crippen LogP contribution in [0.5, 0.6) is 0 Å².